The molecule has 0 bridgehead atoms. The summed E-state index contributed by atoms with van der Waals surface area (Å²) < 4.78 is 6.92. The standard InChI is InChI=1S/C15H16BrNO/c1-9-5-6-10(2)15(12(9)4)18-14-7-11(3)13(16)8-17-14/h5-8H,1-4H3. The maximum Gasteiger partial charge on any atom is 0.219 e. The number of nitrogens with zero attached hydrogens (tertiary/aromatic N) is 1. The molecular formula is C15H16BrNO. The van der Waals surface area contributed by atoms with Gasteiger partial charge in [-0.25, -0.2) is 4.98 Å². The van der Waals surface area contributed by atoms with E-state index in [-0.39, 0.29) is 0 Å². The van der Waals surface area contributed by atoms with Crippen molar-refractivity contribution in [3.05, 3.63) is 51.1 Å². The van der Waals surface area contributed by atoms with Crippen LogP contribution in [0.1, 0.15) is 22.3 Å². The van der Waals surface area contributed by atoms with Crippen molar-refractivity contribution in [1.82, 2.24) is 4.98 Å². The Morgan fingerprint density at radius 3 is 2.33 bits per heavy atom. The fraction of sp³-hybridized carbons (Fsp3) is 0.267. The Hall–Kier alpha value is -1.35. The van der Waals surface area contributed by atoms with Crippen molar-refractivity contribution in [1.29, 1.82) is 0 Å². The maximum atomic E-state index is 5.92. The lowest BCUT2D eigenvalue weighted by Crippen LogP contribution is -1.95. The molecule has 0 N–H and O–H groups in total. The Labute approximate surface area is 116 Å². The number of rotatable bonds is 2. The first-order valence-electron chi connectivity index (χ1n) is 5.86. The fourth-order valence-electron chi connectivity index (χ4n) is 1.76. The van der Waals surface area contributed by atoms with Gasteiger partial charge in [-0.05, 0) is 65.9 Å². The van der Waals surface area contributed by atoms with E-state index in [0.717, 1.165) is 26.9 Å². The molecule has 0 saturated carbocycles. The number of pyridine rings is 1. The second-order valence-electron chi connectivity index (χ2n) is 4.53. The summed E-state index contributed by atoms with van der Waals surface area (Å²) in [5.41, 5.74) is 4.63. The number of aryl methyl sites for hydroxylation is 3. The molecule has 2 aromatic rings. The van der Waals surface area contributed by atoms with E-state index < -0.39 is 0 Å². The highest BCUT2D eigenvalue weighted by Gasteiger charge is 2.09. The number of hydrogen-bond donors (Lipinski definition) is 0. The van der Waals surface area contributed by atoms with E-state index >= 15 is 0 Å². The quantitative estimate of drug-likeness (QED) is 0.789. The van der Waals surface area contributed by atoms with E-state index in [1.165, 1.54) is 5.56 Å². The molecule has 0 aliphatic heterocycles. The normalized spacial score (nSPS) is 10.5. The van der Waals surface area contributed by atoms with Crippen molar-refractivity contribution in [2.45, 2.75) is 27.7 Å². The molecule has 1 aromatic heterocycles. The summed E-state index contributed by atoms with van der Waals surface area (Å²) in [6.07, 6.45) is 1.77. The van der Waals surface area contributed by atoms with Gasteiger partial charge in [0, 0.05) is 16.7 Å². The molecule has 0 amide bonds. The first kappa shape index (κ1) is 13.1. The van der Waals surface area contributed by atoms with Gasteiger partial charge >= 0.3 is 0 Å². The molecule has 0 aliphatic carbocycles. The van der Waals surface area contributed by atoms with Crippen LogP contribution in [0.25, 0.3) is 0 Å². The largest absolute Gasteiger partial charge is 0.438 e. The van der Waals surface area contributed by atoms with Gasteiger partial charge in [-0.15, -0.1) is 0 Å². The summed E-state index contributed by atoms with van der Waals surface area (Å²) in [5.74, 6) is 1.54. The van der Waals surface area contributed by atoms with Crippen molar-refractivity contribution >= 4 is 15.9 Å². The van der Waals surface area contributed by atoms with Crippen molar-refractivity contribution in [2.75, 3.05) is 0 Å². The minimum Gasteiger partial charge on any atom is -0.438 e. The number of halogens is 1. The van der Waals surface area contributed by atoms with E-state index in [4.69, 9.17) is 4.74 Å². The van der Waals surface area contributed by atoms with E-state index in [2.05, 4.69) is 46.9 Å². The van der Waals surface area contributed by atoms with Gasteiger partial charge in [0.2, 0.25) is 5.88 Å². The van der Waals surface area contributed by atoms with Crippen LogP contribution >= 0.6 is 15.9 Å². The Bertz CT molecular complexity index is 593. The molecule has 0 unspecified atom stereocenters. The number of hydrogen-bond acceptors (Lipinski definition) is 2. The number of ether oxygens (including phenoxy) is 1. The molecule has 0 fully saturated rings. The fourth-order valence-corrected chi connectivity index (χ4v) is 1.97. The smallest absolute Gasteiger partial charge is 0.219 e. The molecule has 0 spiro atoms. The van der Waals surface area contributed by atoms with Crippen LogP contribution < -0.4 is 4.74 Å². The summed E-state index contributed by atoms with van der Waals surface area (Å²) in [5, 5.41) is 0. The maximum absolute atomic E-state index is 5.92. The second kappa shape index (κ2) is 5.11. The van der Waals surface area contributed by atoms with Gasteiger partial charge in [-0.2, -0.15) is 0 Å². The first-order chi connectivity index (χ1) is 8.49. The van der Waals surface area contributed by atoms with Crippen molar-refractivity contribution in [3.8, 4) is 11.6 Å². The summed E-state index contributed by atoms with van der Waals surface area (Å²) in [4.78, 5) is 4.28. The van der Waals surface area contributed by atoms with Gasteiger partial charge in [0.1, 0.15) is 5.75 Å². The van der Waals surface area contributed by atoms with Crippen LogP contribution in [0.2, 0.25) is 0 Å². The summed E-state index contributed by atoms with van der Waals surface area (Å²) in [6.45, 7) is 8.23. The van der Waals surface area contributed by atoms with Crippen LogP contribution in [0.5, 0.6) is 11.6 Å². The van der Waals surface area contributed by atoms with Crippen LogP contribution in [0, 0.1) is 27.7 Å². The number of aromatic nitrogens is 1. The van der Waals surface area contributed by atoms with Crippen molar-refractivity contribution in [2.24, 2.45) is 0 Å². The molecule has 1 aromatic carbocycles. The lowest BCUT2D eigenvalue weighted by atomic mass is 10.1. The zero-order chi connectivity index (χ0) is 13.3. The highest BCUT2D eigenvalue weighted by atomic mass is 79.9. The molecule has 1 heterocycles. The summed E-state index contributed by atoms with van der Waals surface area (Å²) in [7, 11) is 0. The topological polar surface area (TPSA) is 22.1 Å². The van der Waals surface area contributed by atoms with Gasteiger partial charge in [0.05, 0.1) is 0 Å². The van der Waals surface area contributed by atoms with Gasteiger partial charge in [0.25, 0.3) is 0 Å². The predicted octanol–water partition coefficient (Wildman–Crippen LogP) is 4.87. The van der Waals surface area contributed by atoms with E-state index in [0.29, 0.717) is 5.88 Å². The SMILES string of the molecule is Cc1cc(Oc2c(C)ccc(C)c2C)ncc1Br. The summed E-state index contributed by atoms with van der Waals surface area (Å²) in [6, 6.07) is 6.12. The highest BCUT2D eigenvalue weighted by Crippen LogP contribution is 2.30. The molecule has 0 aliphatic rings. The van der Waals surface area contributed by atoms with Crippen LogP contribution in [-0.2, 0) is 0 Å². The molecule has 3 heteroatoms. The molecule has 2 rings (SSSR count). The van der Waals surface area contributed by atoms with Crippen molar-refractivity contribution in [3.63, 3.8) is 0 Å². The van der Waals surface area contributed by atoms with Gasteiger partial charge in [-0.3, -0.25) is 0 Å². The Morgan fingerprint density at radius 1 is 1.00 bits per heavy atom. The zero-order valence-electron chi connectivity index (χ0n) is 11.0. The molecule has 18 heavy (non-hydrogen) atoms. The lowest BCUT2D eigenvalue weighted by molar-refractivity contribution is 0.455. The minimum absolute atomic E-state index is 0.632. The molecule has 0 saturated heterocycles. The summed E-state index contributed by atoms with van der Waals surface area (Å²) >= 11 is 3.44. The first-order valence-corrected chi connectivity index (χ1v) is 6.65. The second-order valence-corrected chi connectivity index (χ2v) is 5.38. The third-order valence-corrected chi connectivity index (χ3v) is 3.93. The van der Waals surface area contributed by atoms with Crippen LogP contribution in [0.3, 0.4) is 0 Å². The third kappa shape index (κ3) is 2.56. The van der Waals surface area contributed by atoms with Crippen LogP contribution in [0.15, 0.2) is 28.9 Å². The highest BCUT2D eigenvalue weighted by molar-refractivity contribution is 9.10. The zero-order valence-corrected chi connectivity index (χ0v) is 12.6. The minimum atomic E-state index is 0.632. The van der Waals surface area contributed by atoms with E-state index in [1.54, 1.807) is 6.20 Å². The number of benzene rings is 1. The van der Waals surface area contributed by atoms with Gasteiger partial charge in [0.15, 0.2) is 0 Å². The van der Waals surface area contributed by atoms with E-state index in [9.17, 15) is 0 Å². The average Bonchev–Trinajstić information content (AvgIpc) is 2.34. The molecule has 0 radical (unpaired) electrons. The predicted molar refractivity (Wildman–Crippen MR) is 77.4 cm³/mol. The Balaban J connectivity index is 2.39. The van der Waals surface area contributed by atoms with Crippen LogP contribution in [0.4, 0.5) is 0 Å². The molecule has 94 valence electrons. The van der Waals surface area contributed by atoms with E-state index in [1.807, 2.05) is 19.9 Å². The monoisotopic (exact) mass is 305 g/mol. The average molecular weight is 306 g/mol. The lowest BCUT2D eigenvalue weighted by Gasteiger charge is -2.13. The Kier molecular flexibility index (Phi) is 3.71. The molecular weight excluding hydrogens is 290 g/mol. The van der Waals surface area contributed by atoms with Gasteiger partial charge in [-0.1, -0.05) is 12.1 Å². The molecule has 2 nitrogen and oxygen atoms in total. The van der Waals surface area contributed by atoms with Crippen molar-refractivity contribution < 1.29 is 4.74 Å². The molecule has 0 atom stereocenters. The Morgan fingerprint density at radius 2 is 1.67 bits per heavy atom. The third-order valence-electron chi connectivity index (χ3n) is 3.10. The van der Waals surface area contributed by atoms with Gasteiger partial charge < -0.3 is 4.74 Å². The van der Waals surface area contributed by atoms with Crippen LogP contribution in [-0.4, -0.2) is 4.98 Å².